The van der Waals surface area contributed by atoms with Crippen molar-refractivity contribution in [2.75, 3.05) is 7.11 Å². The fourth-order valence-electron chi connectivity index (χ4n) is 1.000. The molecule has 1 rings (SSSR count). The number of nitrogens with one attached hydrogen (secondary N) is 1. The smallest absolute Gasteiger partial charge is 0.246 e. The maximum absolute atomic E-state index is 5.06. The van der Waals surface area contributed by atoms with Crippen LogP contribution in [0.3, 0.4) is 0 Å². The van der Waals surface area contributed by atoms with E-state index >= 15 is 0 Å². The molecule has 0 fully saturated rings. The van der Waals surface area contributed by atoms with Crippen molar-refractivity contribution in [1.82, 2.24) is 10.2 Å². The molecule has 1 N–H and O–H groups in total. The second-order valence-electron chi connectivity index (χ2n) is 2.63. The van der Waals surface area contributed by atoms with Gasteiger partial charge >= 0.3 is 0 Å². The lowest BCUT2D eigenvalue weighted by Crippen LogP contribution is -1.88. The van der Waals surface area contributed by atoms with E-state index in [9.17, 15) is 0 Å². The van der Waals surface area contributed by atoms with Gasteiger partial charge in [-0.25, -0.2) is 0 Å². The number of unbranched alkanes of at least 4 members (excludes halogenated alkanes) is 1. The van der Waals surface area contributed by atoms with Crippen LogP contribution in [0.15, 0.2) is 0 Å². The SMILES string of the molecule is CCCCc1[nH]nc(OC)c1I. The normalized spacial score (nSPS) is 10.2. The number of ether oxygens (including phenoxy) is 1. The molecule has 0 spiro atoms. The van der Waals surface area contributed by atoms with Crippen LogP contribution in [0, 0.1) is 3.57 Å². The molecule has 68 valence electrons. The summed E-state index contributed by atoms with van der Waals surface area (Å²) in [7, 11) is 1.64. The van der Waals surface area contributed by atoms with Gasteiger partial charge in [0.25, 0.3) is 0 Å². The Balaban J connectivity index is 2.66. The Kier molecular flexibility index (Phi) is 3.84. The Bertz CT molecular complexity index is 247. The lowest BCUT2D eigenvalue weighted by Gasteiger charge is -1.95. The zero-order valence-electron chi connectivity index (χ0n) is 7.35. The van der Waals surface area contributed by atoms with Gasteiger partial charge < -0.3 is 4.74 Å². The number of aromatic nitrogens is 2. The summed E-state index contributed by atoms with van der Waals surface area (Å²) in [5.74, 6) is 0.710. The maximum atomic E-state index is 5.06. The summed E-state index contributed by atoms with van der Waals surface area (Å²) in [6.45, 7) is 2.18. The van der Waals surface area contributed by atoms with Crippen LogP contribution in [0.4, 0.5) is 0 Å². The minimum atomic E-state index is 0.710. The molecule has 0 aliphatic rings. The van der Waals surface area contributed by atoms with Gasteiger partial charge in [0, 0.05) is 0 Å². The van der Waals surface area contributed by atoms with Crippen LogP contribution in [0.2, 0.25) is 0 Å². The van der Waals surface area contributed by atoms with Crippen molar-refractivity contribution in [3.63, 3.8) is 0 Å². The number of hydrogen-bond acceptors (Lipinski definition) is 2. The first-order valence-electron chi connectivity index (χ1n) is 4.06. The van der Waals surface area contributed by atoms with Crippen LogP contribution in [-0.2, 0) is 6.42 Å². The Morgan fingerprint density at radius 1 is 1.58 bits per heavy atom. The molecule has 0 aromatic carbocycles. The highest BCUT2D eigenvalue weighted by Gasteiger charge is 2.09. The third kappa shape index (κ3) is 2.12. The van der Waals surface area contributed by atoms with Crippen LogP contribution in [0.1, 0.15) is 25.5 Å². The molecular weight excluding hydrogens is 267 g/mol. The highest BCUT2D eigenvalue weighted by molar-refractivity contribution is 14.1. The predicted molar refractivity (Wildman–Crippen MR) is 56.5 cm³/mol. The third-order valence-corrected chi connectivity index (χ3v) is 2.83. The van der Waals surface area contributed by atoms with Gasteiger partial charge in [0.2, 0.25) is 5.88 Å². The van der Waals surface area contributed by atoms with Crippen LogP contribution in [0.25, 0.3) is 0 Å². The summed E-state index contributed by atoms with van der Waals surface area (Å²) in [4.78, 5) is 0. The second kappa shape index (κ2) is 4.69. The van der Waals surface area contributed by atoms with Crippen molar-refractivity contribution in [2.24, 2.45) is 0 Å². The molecule has 1 aromatic rings. The number of nitrogens with zero attached hydrogens (tertiary/aromatic N) is 1. The van der Waals surface area contributed by atoms with Crippen LogP contribution in [0.5, 0.6) is 5.88 Å². The van der Waals surface area contributed by atoms with E-state index in [1.54, 1.807) is 7.11 Å². The average molecular weight is 280 g/mol. The summed E-state index contributed by atoms with van der Waals surface area (Å²) in [6, 6.07) is 0. The molecule has 1 aromatic heterocycles. The largest absolute Gasteiger partial charge is 0.479 e. The number of methoxy groups -OCH3 is 1. The van der Waals surface area contributed by atoms with Gasteiger partial charge in [-0.1, -0.05) is 13.3 Å². The highest BCUT2D eigenvalue weighted by Crippen LogP contribution is 2.21. The maximum Gasteiger partial charge on any atom is 0.246 e. The average Bonchev–Trinajstić information content (AvgIpc) is 2.43. The number of aromatic amines is 1. The molecule has 0 saturated carbocycles. The predicted octanol–water partition coefficient (Wildman–Crippen LogP) is 2.37. The summed E-state index contributed by atoms with van der Waals surface area (Å²) < 4.78 is 6.17. The van der Waals surface area contributed by atoms with Crippen molar-refractivity contribution in [1.29, 1.82) is 0 Å². The minimum Gasteiger partial charge on any atom is -0.479 e. The van der Waals surface area contributed by atoms with Gasteiger partial charge in [0.15, 0.2) is 0 Å². The van der Waals surface area contributed by atoms with Crippen molar-refractivity contribution < 1.29 is 4.74 Å². The lowest BCUT2D eigenvalue weighted by atomic mass is 10.2. The monoisotopic (exact) mass is 280 g/mol. The molecule has 0 aliphatic carbocycles. The molecule has 0 aliphatic heterocycles. The van der Waals surface area contributed by atoms with Gasteiger partial charge in [-0.2, -0.15) is 0 Å². The van der Waals surface area contributed by atoms with E-state index in [1.807, 2.05) is 0 Å². The Labute approximate surface area is 86.0 Å². The topological polar surface area (TPSA) is 37.9 Å². The van der Waals surface area contributed by atoms with E-state index in [1.165, 1.54) is 18.5 Å². The zero-order chi connectivity index (χ0) is 8.97. The number of halogens is 1. The van der Waals surface area contributed by atoms with Crippen molar-refractivity contribution in [3.05, 3.63) is 9.26 Å². The van der Waals surface area contributed by atoms with Gasteiger partial charge in [-0.05, 0) is 35.4 Å². The van der Waals surface area contributed by atoms with E-state index in [0.717, 1.165) is 9.99 Å². The first-order valence-corrected chi connectivity index (χ1v) is 5.14. The van der Waals surface area contributed by atoms with E-state index in [0.29, 0.717) is 5.88 Å². The number of H-pyrrole nitrogens is 1. The fourth-order valence-corrected chi connectivity index (χ4v) is 1.73. The molecule has 0 amide bonds. The second-order valence-corrected chi connectivity index (χ2v) is 3.71. The molecule has 1 heterocycles. The van der Waals surface area contributed by atoms with Gasteiger partial charge in [-0.15, -0.1) is 5.10 Å². The lowest BCUT2D eigenvalue weighted by molar-refractivity contribution is 0.394. The van der Waals surface area contributed by atoms with Gasteiger partial charge in [0.1, 0.15) is 0 Å². The van der Waals surface area contributed by atoms with E-state index < -0.39 is 0 Å². The quantitative estimate of drug-likeness (QED) is 0.860. The number of rotatable bonds is 4. The van der Waals surface area contributed by atoms with Crippen LogP contribution in [-0.4, -0.2) is 17.3 Å². The van der Waals surface area contributed by atoms with E-state index in [4.69, 9.17) is 4.74 Å². The Morgan fingerprint density at radius 2 is 2.33 bits per heavy atom. The third-order valence-electron chi connectivity index (χ3n) is 1.72. The first-order chi connectivity index (χ1) is 5.79. The van der Waals surface area contributed by atoms with E-state index in [2.05, 4.69) is 39.7 Å². The van der Waals surface area contributed by atoms with Gasteiger partial charge in [0.05, 0.1) is 16.4 Å². The van der Waals surface area contributed by atoms with Crippen LogP contribution < -0.4 is 4.74 Å². The van der Waals surface area contributed by atoms with Crippen LogP contribution >= 0.6 is 22.6 Å². The molecular formula is C8H13IN2O. The molecule has 0 radical (unpaired) electrons. The summed E-state index contributed by atoms with van der Waals surface area (Å²) in [5.41, 5.74) is 1.19. The molecule has 0 saturated heterocycles. The molecule has 0 unspecified atom stereocenters. The van der Waals surface area contributed by atoms with Crippen molar-refractivity contribution in [2.45, 2.75) is 26.2 Å². The summed E-state index contributed by atoms with van der Waals surface area (Å²) in [6.07, 6.45) is 3.46. The molecule has 3 nitrogen and oxygen atoms in total. The minimum absolute atomic E-state index is 0.710. The number of aryl methyl sites for hydroxylation is 1. The molecule has 0 bridgehead atoms. The highest BCUT2D eigenvalue weighted by atomic mass is 127. The summed E-state index contributed by atoms with van der Waals surface area (Å²) in [5, 5.41) is 7.01. The number of hydrogen-bond donors (Lipinski definition) is 1. The molecule has 12 heavy (non-hydrogen) atoms. The summed E-state index contributed by atoms with van der Waals surface area (Å²) >= 11 is 2.26. The first kappa shape index (κ1) is 9.83. The van der Waals surface area contributed by atoms with Crippen molar-refractivity contribution >= 4 is 22.6 Å². The molecule has 4 heteroatoms. The standard InChI is InChI=1S/C8H13IN2O/c1-3-4-5-6-7(9)8(12-2)11-10-6/h3-5H2,1-2H3,(H,10,11). The Morgan fingerprint density at radius 3 is 2.83 bits per heavy atom. The Hall–Kier alpha value is -0.260. The zero-order valence-corrected chi connectivity index (χ0v) is 9.51. The van der Waals surface area contributed by atoms with Gasteiger partial charge in [-0.3, -0.25) is 5.10 Å². The van der Waals surface area contributed by atoms with E-state index in [-0.39, 0.29) is 0 Å². The molecule has 0 atom stereocenters. The van der Waals surface area contributed by atoms with Crippen molar-refractivity contribution in [3.8, 4) is 5.88 Å². The fraction of sp³-hybridized carbons (Fsp3) is 0.625.